The van der Waals surface area contributed by atoms with E-state index in [0.29, 0.717) is 17.8 Å². The largest absolute Gasteiger partial charge is 0.0619 e. The zero-order valence-corrected chi connectivity index (χ0v) is 15.6. The van der Waals surface area contributed by atoms with Crippen LogP contribution in [0, 0.1) is 0 Å². The summed E-state index contributed by atoms with van der Waals surface area (Å²) in [6, 6.07) is 25.0. The molecule has 0 heteroatoms. The van der Waals surface area contributed by atoms with Crippen molar-refractivity contribution in [2.75, 3.05) is 0 Å². The van der Waals surface area contributed by atoms with Crippen LogP contribution < -0.4 is 0 Å². The third-order valence-corrected chi connectivity index (χ3v) is 5.54. The van der Waals surface area contributed by atoms with Gasteiger partial charge in [-0.15, -0.1) is 0 Å². The highest BCUT2D eigenvalue weighted by atomic mass is 14.3. The molecular formula is C25H26. The van der Waals surface area contributed by atoms with Crippen LogP contribution in [0.1, 0.15) is 73.3 Å². The molecule has 0 aromatic heterocycles. The van der Waals surface area contributed by atoms with E-state index in [0.717, 1.165) is 0 Å². The summed E-state index contributed by atoms with van der Waals surface area (Å²) in [6.45, 7) is 9.18. The standard InChI is InChI=1S/C25H26/c1-16(2)18-13-14-23(24(15-18)17(3)4)25-21-11-7-5-9-19(21)20-10-6-8-12-22(20)25/h5-17,25H,1-4H3. The van der Waals surface area contributed by atoms with Crippen LogP contribution in [-0.4, -0.2) is 0 Å². The van der Waals surface area contributed by atoms with Crippen LogP contribution in [0.25, 0.3) is 11.1 Å². The van der Waals surface area contributed by atoms with Gasteiger partial charge in [-0.25, -0.2) is 0 Å². The van der Waals surface area contributed by atoms with Crippen molar-refractivity contribution >= 4 is 0 Å². The summed E-state index contributed by atoms with van der Waals surface area (Å²) in [5, 5.41) is 0. The highest BCUT2D eigenvalue weighted by Gasteiger charge is 2.31. The summed E-state index contributed by atoms with van der Waals surface area (Å²) in [6.07, 6.45) is 0. The van der Waals surface area contributed by atoms with Crippen molar-refractivity contribution in [3.8, 4) is 11.1 Å². The molecule has 0 saturated carbocycles. The first kappa shape index (κ1) is 16.1. The molecule has 25 heavy (non-hydrogen) atoms. The molecule has 3 aromatic carbocycles. The molecule has 1 aliphatic rings. The number of rotatable bonds is 3. The molecule has 0 aliphatic heterocycles. The van der Waals surface area contributed by atoms with Gasteiger partial charge in [-0.1, -0.05) is 94.4 Å². The van der Waals surface area contributed by atoms with Crippen molar-refractivity contribution in [1.82, 2.24) is 0 Å². The van der Waals surface area contributed by atoms with Gasteiger partial charge < -0.3 is 0 Å². The highest BCUT2D eigenvalue weighted by molar-refractivity contribution is 5.80. The summed E-state index contributed by atoms with van der Waals surface area (Å²) in [7, 11) is 0. The minimum absolute atomic E-state index is 0.353. The molecule has 0 nitrogen and oxygen atoms in total. The normalized spacial score (nSPS) is 13.4. The molecule has 1 aliphatic carbocycles. The molecule has 0 N–H and O–H groups in total. The fourth-order valence-electron chi connectivity index (χ4n) is 4.21. The molecule has 0 heterocycles. The van der Waals surface area contributed by atoms with E-state index in [-0.39, 0.29) is 0 Å². The third kappa shape index (κ3) is 2.61. The first-order valence-electron chi connectivity index (χ1n) is 9.40. The second kappa shape index (κ2) is 6.19. The number of hydrogen-bond donors (Lipinski definition) is 0. The summed E-state index contributed by atoms with van der Waals surface area (Å²) < 4.78 is 0. The highest BCUT2D eigenvalue weighted by Crippen LogP contribution is 2.49. The van der Waals surface area contributed by atoms with Gasteiger partial charge in [0, 0.05) is 5.92 Å². The first-order chi connectivity index (χ1) is 12.1. The second-order valence-electron chi connectivity index (χ2n) is 7.81. The van der Waals surface area contributed by atoms with Gasteiger partial charge in [0.2, 0.25) is 0 Å². The molecule has 0 amide bonds. The van der Waals surface area contributed by atoms with Crippen LogP contribution in [-0.2, 0) is 0 Å². The molecule has 4 rings (SSSR count). The lowest BCUT2D eigenvalue weighted by atomic mass is 9.81. The lowest BCUT2D eigenvalue weighted by Gasteiger charge is -2.22. The van der Waals surface area contributed by atoms with Gasteiger partial charge in [0.05, 0.1) is 0 Å². The minimum atomic E-state index is 0.353. The van der Waals surface area contributed by atoms with Crippen LogP contribution in [0.2, 0.25) is 0 Å². The van der Waals surface area contributed by atoms with Gasteiger partial charge in [-0.3, -0.25) is 0 Å². The minimum Gasteiger partial charge on any atom is -0.0619 e. The molecule has 0 fully saturated rings. The van der Waals surface area contributed by atoms with E-state index in [1.165, 1.54) is 38.9 Å². The Kier molecular flexibility index (Phi) is 4.00. The topological polar surface area (TPSA) is 0 Å². The fourth-order valence-corrected chi connectivity index (χ4v) is 4.21. The van der Waals surface area contributed by atoms with Crippen LogP contribution >= 0.6 is 0 Å². The van der Waals surface area contributed by atoms with Gasteiger partial charge in [-0.05, 0) is 50.8 Å². The number of benzene rings is 3. The lowest BCUT2D eigenvalue weighted by Crippen LogP contribution is -2.06. The van der Waals surface area contributed by atoms with Crippen molar-refractivity contribution < 1.29 is 0 Å². The summed E-state index contributed by atoms with van der Waals surface area (Å²) >= 11 is 0. The van der Waals surface area contributed by atoms with Crippen LogP contribution in [0.5, 0.6) is 0 Å². The predicted octanol–water partition coefficient (Wildman–Crippen LogP) is 7.09. The Morgan fingerprint density at radius 2 is 1.16 bits per heavy atom. The molecule has 126 valence electrons. The summed E-state index contributed by atoms with van der Waals surface area (Å²) in [5.41, 5.74) is 10.1. The fraction of sp³-hybridized carbons (Fsp3) is 0.280. The van der Waals surface area contributed by atoms with Crippen LogP contribution in [0.3, 0.4) is 0 Å². The molecule has 0 unspecified atom stereocenters. The van der Waals surface area contributed by atoms with Crippen molar-refractivity contribution in [3.63, 3.8) is 0 Å². The van der Waals surface area contributed by atoms with Crippen LogP contribution in [0.4, 0.5) is 0 Å². The Morgan fingerprint density at radius 1 is 0.600 bits per heavy atom. The van der Waals surface area contributed by atoms with E-state index >= 15 is 0 Å². The van der Waals surface area contributed by atoms with Gasteiger partial charge in [0.25, 0.3) is 0 Å². The molecule has 0 saturated heterocycles. The molecular weight excluding hydrogens is 300 g/mol. The molecule has 3 aromatic rings. The molecule has 0 spiro atoms. The van der Waals surface area contributed by atoms with E-state index < -0.39 is 0 Å². The number of fused-ring (bicyclic) bond motifs is 3. The van der Waals surface area contributed by atoms with Crippen molar-refractivity contribution in [2.24, 2.45) is 0 Å². The first-order valence-corrected chi connectivity index (χ1v) is 9.40. The Balaban J connectivity index is 1.96. The average molecular weight is 326 g/mol. The van der Waals surface area contributed by atoms with E-state index in [4.69, 9.17) is 0 Å². The Bertz CT molecular complexity index is 869. The van der Waals surface area contributed by atoms with Crippen molar-refractivity contribution in [1.29, 1.82) is 0 Å². The maximum atomic E-state index is 2.44. The molecule has 0 radical (unpaired) electrons. The monoisotopic (exact) mass is 326 g/mol. The zero-order valence-electron chi connectivity index (χ0n) is 15.6. The van der Waals surface area contributed by atoms with Gasteiger partial charge >= 0.3 is 0 Å². The van der Waals surface area contributed by atoms with Gasteiger partial charge in [-0.2, -0.15) is 0 Å². The summed E-state index contributed by atoms with van der Waals surface area (Å²) in [5.74, 6) is 1.44. The van der Waals surface area contributed by atoms with E-state index in [1.54, 1.807) is 0 Å². The van der Waals surface area contributed by atoms with Gasteiger partial charge in [0.1, 0.15) is 0 Å². The zero-order chi connectivity index (χ0) is 17.6. The predicted molar refractivity (Wildman–Crippen MR) is 107 cm³/mol. The summed E-state index contributed by atoms with van der Waals surface area (Å²) in [4.78, 5) is 0. The third-order valence-electron chi connectivity index (χ3n) is 5.54. The van der Waals surface area contributed by atoms with Crippen LogP contribution in [0.15, 0.2) is 66.7 Å². The molecule has 0 atom stereocenters. The second-order valence-corrected chi connectivity index (χ2v) is 7.81. The Morgan fingerprint density at radius 3 is 1.68 bits per heavy atom. The maximum Gasteiger partial charge on any atom is 0.0355 e. The Labute approximate surface area is 151 Å². The molecule has 0 bridgehead atoms. The van der Waals surface area contributed by atoms with E-state index in [2.05, 4.69) is 94.4 Å². The lowest BCUT2D eigenvalue weighted by molar-refractivity contribution is 0.809. The Hall–Kier alpha value is -2.34. The number of hydrogen-bond acceptors (Lipinski definition) is 0. The van der Waals surface area contributed by atoms with E-state index in [9.17, 15) is 0 Å². The maximum absolute atomic E-state index is 2.44. The average Bonchev–Trinajstić information content (AvgIpc) is 2.95. The SMILES string of the molecule is CC(C)c1ccc(C2c3ccccc3-c3ccccc32)c(C(C)C)c1. The van der Waals surface area contributed by atoms with Crippen molar-refractivity contribution in [2.45, 2.75) is 45.4 Å². The quantitative estimate of drug-likeness (QED) is 0.377. The van der Waals surface area contributed by atoms with Crippen molar-refractivity contribution in [3.05, 3.63) is 94.5 Å². The van der Waals surface area contributed by atoms with E-state index in [1.807, 2.05) is 0 Å². The van der Waals surface area contributed by atoms with Gasteiger partial charge in [0.15, 0.2) is 0 Å². The smallest absolute Gasteiger partial charge is 0.0355 e.